The Morgan fingerprint density at radius 1 is 1.07 bits per heavy atom. The second-order valence-corrected chi connectivity index (χ2v) is 10.2. The van der Waals surface area contributed by atoms with Crippen molar-refractivity contribution in [1.82, 2.24) is 4.90 Å². The molecule has 1 aromatic carbocycles. The molecule has 1 saturated carbocycles. The molecule has 7 heteroatoms. The maximum Gasteiger partial charge on any atom is 0.338 e. The summed E-state index contributed by atoms with van der Waals surface area (Å²) in [5, 5.41) is 0. The normalized spacial score (nSPS) is 23.1. The molecule has 0 spiro atoms. The maximum atomic E-state index is 12.5. The summed E-state index contributed by atoms with van der Waals surface area (Å²) >= 11 is 0. The molecule has 0 bridgehead atoms. The van der Waals surface area contributed by atoms with E-state index in [1.807, 2.05) is 12.1 Å². The average Bonchev–Trinajstić information content (AvgIpc) is 3.07. The molecule has 0 N–H and O–H groups in total. The van der Waals surface area contributed by atoms with E-state index in [0.29, 0.717) is 17.9 Å². The largest absolute Gasteiger partial charge is 0.449 e. The molecule has 1 heterocycles. The Bertz CT molecular complexity index is 812. The van der Waals surface area contributed by atoms with Crippen LogP contribution in [0.3, 0.4) is 0 Å². The highest BCUT2D eigenvalue weighted by molar-refractivity contribution is 7.91. The van der Waals surface area contributed by atoms with E-state index < -0.39 is 21.9 Å². The molecule has 3 rings (SSSR count). The van der Waals surface area contributed by atoms with E-state index in [4.69, 9.17) is 4.74 Å². The molecule has 1 amide bonds. The first-order valence-electron chi connectivity index (χ1n) is 10.0. The summed E-state index contributed by atoms with van der Waals surface area (Å²) in [4.78, 5) is 26.3. The third-order valence-corrected chi connectivity index (χ3v) is 7.71. The van der Waals surface area contributed by atoms with Crippen LogP contribution in [0.5, 0.6) is 0 Å². The lowest BCUT2D eigenvalue weighted by atomic mass is 9.84. The summed E-state index contributed by atoms with van der Waals surface area (Å²) in [5.41, 5.74) is 1.67. The molecular formula is C21H29NO5S. The second kappa shape index (κ2) is 8.64. The lowest BCUT2D eigenvalue weighted by Gasteiger charge is -2.26. The molecule has 1 saturated heterocycles. The quantitative estimate of drug-likeness (QED) is 0.701. The summed E-state index contributed by atoms with van der Waals surface area (Å²) in [6.07, 6.45) is 5.66. The van der Waals surface area contributed by atoms with Gasteiger partial charge in [0.2, 0.25) is 0 Å². The molecule has 2 fully saturated rings. The standard InChI is InChI=1S/C21H29NO5S/c1-15(20(23)22(2)19-12-13-28(25,26)14-19)27-21(24)18-10-8-17(9-11-18)16-6-4-3-5-7-16/h8-11,15-16,19H,3-7,12-14H2,1-2H3/t15-,19+/m0/s1. The van der Waals surface area contributed by atoms with E-state index in [1.165, 1.54) is 49.5 Å². The zero-order valence-corrected chi connectivity index (χ0v) is 17.4. The number of likely N-dealkylation sites (N-methyl/N-ethyl adjacent to an activating group) is 1. The van der Waals surface area contributed by atoms with Crippen molar-refractivity contribution in [1.29, 1.82) is 0 Å². The first-order chi connectivity index (χ1) is 13.3. The predicted molar refractivity (Wildman–Crippen MR) is 107 cm³/mol. The number of benzene rings is 1. The minimum absolute atomic E-state index is 0.0292. The molecule has 0 unspecified atom stereocenters. The monoisotopic (exact) mass is 407 g/mol. The number of carbonyl (C=O) groups is 2. The summed E-state index contributed by atoms with van der Waals surface area (Å²) < 4.78 is 28.6. The highest BCUT2D eigenvalue weighted by Gasteiger charge is 2.35. The first kappa shape index (κ1) is 20.8. The van der Waals surface area contributed by atoms with Crippen LogP contribution in [0.15, 0.2) is 24.3 Å². The van der Waals surface area contributed by atoms with E-state index in [2.05, 4.69) is 0 Å². The fourth-order valence-electron chi connectivity index (χ4n) is 4.15. The average molecular weight is 408 g/mol. The van der Waals surface area contributed by atoms with E-state index in [0.717, 1.165) is 0 Å². The minimum Gasteiger partial charge on any atom is -0.449 e. The summed E-state index contributed by atoms with van der Waals surface area (Å²) in [7, 11) is -1.51. The number of carbonyl (C=O) groups excluding carboxylic acids is 2. The molecule has 28 heavy (non-hydrogen) atoms. The van der Waals surface area contributed by atoms with Gasteiger partial charge in [-0.3, -0.25) is 4.79 Å². The molecular weight excluding hydrogens is 378 g/mol. The molecule has 1 aliphatic heterocycles. The van der Waals surface area contributed by atoms with Gasteiger partial charge in [-0.25, -0.2) is 13.2 Å². The molecule has 0 aromatic heterocycles. The van der Waals surface area contributed by atoms with Crippen molar-refractivity contribution in [2.75, 3.05) is 18.6 Å². The van der Waals surface area contributed by atoms with Gasteiger partial charge in [0.05, 0.1) is 17.1 Å². The van der Waals surface area contributed by atoms with Gasteiger partial charge in [-0.2, -0.15) is 0 Å². The third-order valence-electron chi connectivity index (χ3n) is 5.96. The topological polar surface area (TPSA) is 80.8 Å². The predicted octanol–water partition coefficient (Wildman–Crippen LogP) is 2.93. The van der Waals surface area contributed by atoms with Gasteiger partial charge >= 0.3 is 5.97 Å². The molecule has 154 valence electrons. The number of esters is 1. The number of amides is 1. The minimum atomic E-state index is -3.08. The summed E-state index contributed by atoms with van der Waals surface area (Å²) in [6, 6.07) is 7.13. The molecule has 1 aliphatic carbocycles. The lowest BCUT2D eigenvalue weighted by Crippen LogP contribution is -2.44. The Morgan fingerprint density at radius 2 is 1.71 bits per heavy atom. The Kier molecular flexibility index (Phi) is 6.43. The van der Waals surface area contributed by atoms with Gasteiger partial charge in [0.1, 0.15) is 0 Å². The van der Waals surface area contributed by atoms with Crippen LogP contribution in [0.4, 0.5) is 0 Å². The van der Waals surface area contributed by atoms with Crippen molar-refractivity contribution in [3.63, 3.8) is 0 Å². The zero-order chi connectivity index (χ0) is 20.3. The van der Waals surface area contributed by atoms with Crippen molar-refractivity contribution in [3.05, 3.63) is 35.4 Å². The van der Waals surface area contributed by atoms with Crippen LogP contribution in [0.25, 0.3) is 0 Å². The Labute approximate surface area is 167 Å². The SMILES string of the molecule is C[C@H](OC(=O)c1ccc(C2CCCCC2)cc1)C(=O)N(C)[C@@H]1CCS(=O)(=O)C1. The Balaban J connectivity index is 1.56. The zero-order valence-electron chi connectivity index (χ0n) is 16.6. The first-order valence-corrected chi connectivity index (χ1v) is 11.9. The number of nitrogens with zero attached hydrogens (tertiary/aromatic N) is 1. The molecule has 2 aliphatic rings. The van der Waals surface area contributed by atoms with Gasteiger partial charge in [0.15, 0.2) is 15.9 Å². The summed E-state index contributed by atoms with van der Waals surface area (Å²) in [6.45, 7) is 1.52. The lowest BCUT2D eigenvalue weighted by molar-refractivity contribution is -0.140. The van der Waals surface area contributed by atoms with Crippen molar-refractivity contribution in [2.45, 2.75) is 63.5 Å². The van der Waals surface area contributed by atoms with Gasteiger partial charge in [0, 0.05) is 13.1 Å². The van der Waals surface area contributed by atoms with E-state index in [-0.39, 0.29) is 23.5 Å². The number of hydrogen-bond acceptors (Lipinski definition) is 5. The van der Waals surface area contributed by atoms with Crippen molar-refractivity contribution >= 4 is 21.7 Å². The van der Waals surface area contributed by atoms with Crippen molar-refractivity contribution in [3.8, 4) is 0 Å². The van der Waals surface area contributed by atoms with Crippen LogP contribution >= 0.6 is 0 Å². The van der Waals surface area contributed by atoms with E-state index in [1.54, 1.807) is 19.2 Å². The van der Waals surface area contributed by atoms with Crippen molar-refractivity contribution in [2.24, 2.45) is 0 Å². The van der Waals surface area contributed by atoms with Gasteiger partial charge in [-0.15, -0.1) is 0 Å². The van der Waals surface area contributed by atoms with Gasteiger partial charge in [0.25, 0.3) is 5.91 Å². The van der Waals surface area contributed by atoms with Crippen LogP contribution in [0.2, 0.25) is 0 Å². The number of hydrogen-bond donors (Lipinski definition) is 0. The fraction of sp³-hybridized carbons (Fsp3) is 0.619. The Morgan fingerprint density at radius 3 is 2.29 bits per heavy atom. The van der Waals surface area contributed by atoms with Gasteiger partial charge in [-0.1, -0.05) is 31.4 Å². The van der Waals surface area contributed by atoms with E-state index in [9.17, 15) is 18.0 Å². The Hall–Kier alpha value is -1.89. The molecule has 6 nitrogen and oxygen atoms in total. The summed E-state index contributed by atoms with van der Waals surface area (Å²) in [5.74, 6) is -0.288. The van der Waals surface area contributed by atoms with Crippen LogP contribution in [-0.4, -0.2) is 55.9 Å². The molecule has 0 radical (unpaired) electrons. The van der Waals surface area contributed by atoms with Crippen LogP contribution in [-0.2, 0) is 19.4 Å². The van der Waals surface area contributed by atoms with Crippen LogP contribution < -0.4 is 0 Å². The number of sulfone groups is 1. The van der Waals surface area contributed by atoms with Crippen molar-refractivity contribution < 1.29 is 22.7 Å². The van der Waals surface area contributed by atoms with E-state index >= 15 is 0 Å². The molecule has 1 aromatic rings. The molecule has 2 atom stereocenters. The van der Waals surface area contributed by atoms with Gasteiger partial charge in [-0.05, 0) is 49.8 Å². The fourth-order valence-corrected chi connectivity index (χ4v) is 5.93. The number of rotatable bonds is 5. The number of ether oxygens (including phenoxy) is 1. The third kappa shape index (κ3) is 4.93. The van der Waals surface area contributed by atoms with Crippen LogP contribution in [0, 0.1) is 0 Å². The second-order valence-electron chi connectivity index (χ2n) is 8.01. The maximum absolute atomic E-state index is 12.5. The van der Waals surface area contributed by atoms with Crippen LogP contribution in [0.1, 0.15) is 67.3 Å². The van der Waals surface area contributed by atoms with Gasteiger partial charge < -0.3 is 9.64 Å². The smallest absolute Gasteiger partial charge is 0.338 e. The highest BCUT2D eigenvalue weighted by Crippen LogP contribution is 2.32. The highest BCUT2D eigenvalue weighted by atomic mass is 32.2.